The number of fused-ring (bicyclic) bond motifs is 1. The van der Waals surface area contributed by atoms with Crippen LogP contribution in [-0.4, -0.2) is 28.0 Å². The summed E-state index contributed by atoms with van der Waals surface area (Å²) in [7, 11) is 0. The number of hydrogen-bond acceptors (Lipinski definition) is 4. The number of nitriles is 1. The molecule has 1 aromatic carbocycles. The third-order valence-electron chi connectivity index (χ3n) is 4.52. The highest BCUT2D eigenvalue weighted by Gasteiger charge is 2.23. The highest BCUT2D eigenvalue weighted by molar-refractivity contribution is 5.74. The molecule has 1 aliphatic rings. The topological polar surface area (TPSA) is 68.6 Å². The van der Waals surface area contributed by atoms with E-state index >= 15 is 0 Å². The van der Waals surface area contributed by atoms with Crippen molar-refractivity contribution in [3.05, 3.63) is 54.1 Å². The number of aromatic amines is 1. The van der Waals surface area contributed by atoms with E-state index in [1.165, 1.54) is 0 Å². The summed E-state index contributed by atoms with van der Waals surface area (Å²) < 4.78 is 0. The first kappa shape index (κ1) is 13.8. The van der Waals surface area contributed by atoms with Crippen LogP contribution in [0.2, 0.25) is 0 Å². The van der Waals surface area contributed by atoms with Crippen molar-refractivity contribution in [1.82, 2.24) is 15.0 Å². The number of anilines is 1. The van der Waals surface area contributed by atoms with Gasteiger partial charge >= 0.3 is 0 Å². The molecule has 0 saturated carbocycles. The van der Waals surface area contributed by atoms with Crippen LogP contribution in [-0.2, 0) is 0 Å². The van der Waals surface area contributed by atoms with Crippen LogP contribution < -0.4 is 4.90 Å². The number of nitrogens with zero attached hydrogens (tertiary/aromatic N) is 4. The van der Waals surface area contributed by atoms with Gasteiger partial charge in [-0.3, -0.25) is 0 Å². The molecular weight excluding hydrogens is 286 g/mol. The Labute approximate surface area is 134 Å². The fourth-order valence-electron chi connectivity index (χ4n) is 3.22. The number of nitrogens with one attached hydrogen (secondary N) is 1. The number of piperidine rings is 1. The number of hydrogen-bond donors (Lipinski definition) is 1. The second-order valence-corrected chi connectivity index (χ2v) is 5.91. The van der Waals surface area contributed by atoms with Crippen LogP contribution in [0.1, 0.15) is 30.3 Å². The molecule has 4 rings (SSSR count). The predicted octanol–water partition coefficient (Wildman–Crippen LogP) is 3.21. The van der Waals surface area contributed by atoms with Crippen molar-refractivity contribution in [1.29, 1.82) is 5.26 Å². The predicted molar refractivity (Wildman–Crippen MR) is 89.2 cm³/mol. The van der Waals surface area contributed by atoms with Gasteiger partial charge in [-0.05, 0) is 37.1 Å². The molecule has 23 heavy (non-hydrogen) atoms. The van der Waals surface area contributed by atoms with Crippen molar-refractivity contribution < 1.29 is 0 Å². The molecule has 0 bridgehead atoms. The normalized spacial score (nSPS) is 15.7. The molecule has 0 atom stereocenters. The molecule has 0 radical (unpaired) electrons. The van der Waals surface area contributed by atoms with Gasteiger partial charge in [0, 0.05) is 19.0 Å². The summed E-state index contributed by atoms with van der Waals surface area (Å²) in [5.41, 5.74) is 3.71. The average molecular weight is 303 g/mol. The zero-order chi connectivity index (χ0) is 15.6. The van der Waals surface area contributed by atoms with Gasteiger partial charge in [0.05, 0.1) is 22.9 Å². The minimum atomic E-state index is 0.464. The Morgan fingerprint density at radius 2 is 1.96 bits per heavy atom. The lowest BCUT2D eigenvalue weighted by molar-refractivity contribution is 0.489. The molecule has 5 nitrogen and oxygen atoms in total. The van der Waals surface area contributed by atoms with Crippen molar-refractivity contribution in [3.8, 4) is 6.07 Å². The Kier molecular flexibility index (Phi) is 3.43. The molecule has 0 aliphatic carbocycles. The molecule has 0 spiro atoms. The number of aromatic nitrogens is 3. The van der Waals surface area contributed by atoms with Crippen molar-refractivity contribution >= 4 is 16.7 Å². The number of rotatable bonds is 2. The fourth-order valence-corrected chi connectivity index (χ4v) is 3.22. The summed E-state index contributed by atoms with van der Waals surface area (Å²) >= 11 is 0. The molecule has 1 saturated heterocycles. The Morgan fingerprint density at radius 1 is 1.13 bits per heavy atom. The van der Waals surface area contributed by atoms with Crippen LogP contribution in [0.5, 0.6) is 0 Å². The summed E-state index contributed by atoms with van der Waals surface area (Å²) in [5, 5.41) is 8.82. The Hall–Kier alpha value is -2.87. The molecule has 5 heteroatoms. The van der Waals surface area contributed by atoms with E-state index in [2.05, 4.69) is 27.0 Å². The molecule has 114 valence electrons. The first-order valence-corrected chi connectivity index (χ1v) is 7.89. The summed E-state index contributed by atoms with van der Waals surface area (Å²) in [4.78, 5) is 14.7. The van der Waals surface area contributed by atoms with Gasteiger partial charge in [-0.1, -0.05) is 12.1 Å². The summed E-state index contributed by atoms with van der Waals surface area (Å²) in [5.74, 6) is 1.58. The van der Waals surface area contributed by atoms with Gasteiger partial charge in [-0.2, -0.15) is 5.26 Å². The van der Waals surface area contributed by atoms with Gasteiger partial charge in [0.15, 0.2) is 0 Å². The van der Waals surface area contributed by atoms with Crippen LogP contribution in [0.3, 0.4) is 0 Å². The lowest BCUT2D eigenvalue weighted by Crippen LogP contribution is -2.33. The molecule has 3 heterocycles. The number of H-pyrrole nitrogens is 1. The van der Waals surface area contributed by atoms with Crippen LogP contribution >= 0.6 is 0 Å². The standard InChI is InChI=1S/C18H17N5/c19-11-14-5-6-15(12-20-14)23-9-7-13(8-10-23)18-21-16-3-1-2-4-17(16)22-18/h1-6,12-13H,7-10H2,(H,21,22). The number of para-hydroxylation sites is 2. The molecule has 1 N–H and O–H groups in total. The van der Waals surface area contributed by atoms with Gasteiger partial charge in [0.25, 0.3) is 0 Å². The van der Waals surface area contributed by atoms with Gasteiger partial charge < -0.3 is 9.88 Å². The third-order valence-corrected chi connectivity index (χ3v) is 4.52. The monoisotopic (exact) mass is 303 g/mol. The first-order valence-electron chi connectivity index (χ1n) is 7.89. The number of imidazole rings is 1. The summed E-state index contributed by atoms with van der Waals surface area (Å²) in [6.07, 6.45) is 3.93. The van der Waals surface area contributed by atoms with Crippen molar-refractivity contribution in [2.45, 2.75) is 18.8 Å². The zero-order valence-corrected chi connectivity index (χ0v) is 12.7. The largest absolute Gasteiger partial charge is 0.370 e. The SMILES string of the molecule is N#Cc1ccc(N2CCC(c3nc4ccccc4[nH]3)CC2)cn1. The summed E-state index contributed by atoms with van der Waals surface area (Å²) in [6.45, 7) is 1.96. The van der Waals surface area contributed by atoms with Crippen LogP contribution in [0.4, 0.5) is 5.69 Å². The molecular formula is C18H17N5. The molecule has 1 aliphatic heterocycles. The minimum Gasteiger partial charge on any atom is -0.370 e. The van der Waals surface area contributed by atoms with Crippen LogP contribution in [0.25, 0.3) is 11.0 Å². The fraction of sp³-hybridized carbons (Fsp3) is 0.278. The Bertz CT molecular complexity index is 818. The van der Waals surface area contributed by atoms with E-state index in [0.717, 1.165) is 48.5 Å². The summed E-state index contributed by atoms with van der Waals surface area (Å²) in [6, 6.07) is 14.0. The van der Waals surface area contributed by atoms with Gasteiger partial charge in [-0.15, -0.1) is 0 Å². The van der Waals surface area contributed by atoms with Crippen molar-refractivity contribution in [2.24, 2.45) is 0 Å². The van der Waals surface area contributed by atoms with Gasteiger partial charge in [-0.25, -0.2) is 9.97 Å². The van der Waals surface area contributed by atoms with E-state index in [1.807, 2.05) is 24.3 Å². The van der Waals surface area contributed by atoms with E-state index in [1.54, 1.807) is 12.3 Å². The van der Waals surface area contributed by atoms with E-state index in [4.69, 9.17) is 10.2 Å². The molecule has 0 unspecified atom stereocenters. The highest BCUT2D eigenvalue weighted by atomic mass is 15.1. The second-order valence-electron chi connectivity index (χ2n) is 5.91. The lowest BCUT2D eigenvalue weighted by Gasteiger charge is -2.32. The average Bonchev–Trinajstić information content (AvgIpc) is 3.06. The van der Waals surface area contributed by atoms with E-state index in [0.29, 0.717) is 11.6 Å². The zero-order valence-electron chi connectivity index (χ0n) is 12.7. The lowest BCUT2D eigenvalue weighted by atomic mass is 9.96. The van der Waals surface area contributed by atoms with Gasteiger partial charge in [0.1, 0.15) is 17.6 Å². The second kappa shape index (κ2) is 5.73. The van der Waals surface area contributed by atoms with Crippen LogP contribution in [0, 0.1) is 11.3 Å². The molecule has 0 amide bonds. The molecule has 2 aromatic heterocycles. The Balaban J connectivity index is 1.46. The number of pyridine rings is 1. The van der Waals surface area contributed by atoms with Gasteiger partial charge in [0.2, 0.25) is 0 Å². The smallest absolute Gasteiger partial charge is 0.140 e. The van der Waals surface area contributed by atoms with E-state index in [9.17, 15) is 0 Å². The van der Waals surface area contributed by atoms with Crippen molar-refractivity contribution in [2.75, 3.05) is 18.0 Å². The molecule has 1 fully saturated rings. The minimum absolute atomic E-state index is 0.464. The van der Waals surface area contributed by atoms with Crippen LogP contribution in [0.15, 0.2) is 42.6 Å². The maximum absolute atomic E-state index is 8.82. The number of benzene rings is 1. The highest BCUT2D eigenvalue weighted by Crippen LogP contribution is 2.29. The maximum atomic E-state index is 8.82. The Morgan fingerprint density at radius 3 is 2.65 bits per heavy atom. The van der Waals surface area contributed by atoms with E-state index in [-0.39, 0.29) is 0 Å². The maximum Gasteiger partial charge on any atom is 0.140 e. The first-order chi connectivity index (χ1) is 11.3. The van der Waals surface area contributed by atoms with Crippen molar-refractivity contribution in [3.63, 3.8) is 0 Å². The van der Waals surface area contributed by atoms with E-state index < -0.39 is 0 Å². The quantitative estimate of drug-likeness (QED) is 0.789. The molecule has 3 aromatic rings. The third kappa shape index (κ3) is 2.64.